The van der Waals surface area contributed by atoms with Gasteiger partial charge >= 0.3 is 12.0 Å². The van der Waals surface area contributed by atoms with E-state index in [1.54, 1.807) is 20.8 Å². The van der Waals surface area contributed by atoms with Crippen molar-refractivity contribution < 1.29 is 27.5 Å². The van der Waals surface area contributed by atoms with E-state index in [4.69, 9.17) is 4.74 Å². The number of carbonyl (C=O) groups excluding carboxylic acids is 3. The molecule has 3 amide bonds. The number of nitrogens with one attached hydrogen (secondary N) is 2. The minimum absolute atomic E-state index is 0.00759. The van der Waals surface area contributed by atoms with Gasteiger partial charge in [-0.2, -0.15) is 0 Å². The van der Waals surface area contributed by atoms with Gasteiger partial charge in [-0.3, -0.25) is 4.79 Å². The van der Waals surface area contributed by atoms with E-state index in [1.807, 2.05) is 0 Å². The highest BCUT2D eigenvalue weighted by Gasteiger charge is 2.69. The lowest BCUT2D eigenvalue weighted by atomic mass is 9.83. The summed E-state index contributed by atoms with van der Waals surface area (Å²) >= 11 is 0. The monoisotopic (exact) mass is 485 g/mol. The van der Waals surface area contributed by atoms with Gasteiger partial charge in [0.05, 0.1) is 29.7 Å². The standard InChI is InChI=1S/C23H39N3O6S/c1-21(2,3)33(30,31)14-23(10-8-7-9-11-23)25-20(29)24-12-16(27)26-13-15-17(22(15,4)5)18(26)19(28)32-6/h15,17-18H,7-14H2,1-6H3,(H2,24,25,29)/t15?,17?,18-/m0/s1. The maximum Gasteiger partial charge on any atom is 0.328 e. The summed E-state index contributed by atoms with van der Waals surface area (Å²) in [5.41, 5.74) is -0.850. The van der Waals surface area contributed by atoms with Crippen LogP contribution < -0.4 is 10.6 Å². The molecule has 10 heteroatoms. The molecule has 3 rings (SSSR count). The molecule has 9 nitrogen and oxygen atoms in total. The van der Waals surface area contributed by atoms with E-state index in [1.165, 1.54) is 12.0 Å². The van der Waals surface area contributed by atoms with Gasteiger partial charge in [-0.1, -0.05) is 33.1 Å². The highest BCUT2D eigenvalue weighted by atomic mass is 32.2. The van der Waals surface area contributed by atoms with Gasteiger partial charge in [0.15, 0.2) is 9.84 Å². The van der Waals surface area contributed by atoms with Crippen LogP contribution in [0.1, 0.15) is 66.7 Å². The Bertz CT molecular complexity index is 902. The fourth-order valence-electron chi connectivity index (χ4n) is 5.59. The van der Waals surface area contributed by atoms with Crippen molar-refractivity contribution in [3.05, 3.63) is 0 Å². The van der Waals surface area contributed by atoms with E-state index >= 15 is 0 Å². The molecule has 0 aromatic rings. The molecule has 3 aliphatic rings. The van der Waals surface area contributed by atoms with Crippen LogP contribution in [0, 0.1) is 17.3 Å². The maximum atomic E-state index is 12.9. The summed E-state index contributed by atoms with van der Waals surface area (Å²) in [6, 6.07) is -1.19. The zero-order valence-corrected chi connectivity index (χ0v) is 21.5. The number of piperidine rings is 1. The molecule has 33 heavy (non-hydrogen) atoms. The van der Waals surface area contributed by atoms with Crippen LogP contribution in [0.4, 0.5) is 4.79 Å². The lowest BCUT2D eigenvalue weighted by molar-refractivity contribution is -0.152. The molecule has 0 bridgehead atoms. The SMILES string of the molecule is COC(=O)[C@@H]1C2C(CN1C(=O)CNC(=O)NC1(CS(=O)(=O)C(C)(C)C)CCCCC1)C2(C)C. The predicted molar refractivity (Wildman–Crippen MR) is 124 cm³/mol. The van der Waals surface area contributed by atoms with Gasteiger partial charge in [0, 0.05) is 12.5 Å². The molecule has 0 radical (unpaired) electrons. The predicted octanol–water partition coefficient (Wildman–Crippen LogP) is 1.86. The fourth-order valence-corrected chi connectivity index (χ4v) is 7.11. The largest absolute Gasteiger partial charge is 0.467 e. The zero-order chi connectivity index (χ0) is 24.8. The summed E-state index contributed by atoms with van der Waals surface area (Å²) in [4.78, 5) is 39.5. The molecule has 2 unspecified atom stereocenters. The Morgan fingerprint density at radius 1 is 1.09 bits per heavy atom. The van der Waals surface area contributed by atoms with Crippen LogP contribution in [0.25, 0.3) is 0 Å². The second-order valence-corrected chi connectivity index (χ2v) is 14.2. The van der Waals surface area contributed by atoms with Crippen molar-refractivity contribution in [2.24, 2.45) is 17.3 Å². The molecule has 3 fully saturated rings. The maximum absolute atomic E-state index is 12.9. The van der Waals surface area contributed by atoms with E-state index in [0.717, 1.165) is 19.3 Å². The molecular formula is C23H39N3O6S. The van der Waals surface area contributed by atoms with Crippen molar-refractivity contribution in [2.75, 3.05) is 26.0 Å². The molecule has 1 heterocycles. The van der Waals surface area contributed by atoms with Crippen molar-refractivity contribution >= 4 is 27.7 Å². The van der Waals surface area contributed by atoms with E-state index in [9.17, 15) is 22.8 Å². The molecule has 0 aromatic carbocycles. The number of hydrogen-bond acceptors (Lipinski definition) is 6. The first-order valence-electron chi connectivity index (χ1n) is 11.8. The van der Waals surface area contributed by atoms with Crippen molar-refractivity contribution in [1.29, 1.82) is 0 Å². The minimum atomic E-state index is -3.45. The van der Waals surface area contributed by atoms with Crippen LogP contribution in [0.15, 0.2) is 0 Å². The summed E-state index contributed by atoms with van der Waals surface area (Å²) in [7, 11) is -2.13. The third-order valence-corrected chi connectivity index (χ3v) is 10.8. The first kappa shape index (κ1) is 25.8. The van der Waals surface area contributed by atoms with Gasteiger partial charge < -0.3 is 20.3 Å². The van der Waals surface area contributed by atoms with Crippen LogP contribution in [0.3, 0.4) is 0 Å². The molecular weight excluding hydrogens is 446 g/mol. The third kappa shape index (κ3) is 5.00. The van der Waals surface area contributed by atoms with Crippen LogP contribution in [0.5, 0.6) is 0 Å². The number of sulfone groups is 1. The fraction of sp³-hybridized carbons (Fsp3) is 0.870. The van der Waals surface area contributed by atoms with Gasteiger partial charge in [0.25, 0.3) is 0 Å². The van der Waals surface area contributed by atoms with E-state index in [0.29, 0.717) is 19.4 Å². The molecule has 2 aliphatic carbocycles. The van der Waals surface area contributed by atoms with Crippen molar-refractivity contribution in [1.82, 2.24) is 15.5 Å². The summed E-state index contributed by atoms with van der Waals surface area (Å²) in [6.07, 6.45) is 3.84. The molecule has 2 N–H and O–H groups in total. The number of likely N-dealkylation sites (tertiary alicyclic amines) is 1. The number of esters is 1. The molecule has 2 saturated carbocycles. The van der Waals surface area contributed by atoms with Crippen LogP contribution in [-0.2, 0) is 24.2 Å². The first-order chi connectivity index (χ1) is 15.2. The number of ether oxygens (including phenoxy) is 1. The number of rotatable bonds is 6. The average Bonchev–Trinajstić information content (AvgIpc) is 3.05. The number of amides is 3. The summed E-state index contributed by atoms with van der Waals surface area (Å²) in [5.74, 6) is -0.592. The second kappa shape index (κ2) is 8.74. The molecule has 1 saturated heterocycles. The van der Waals surface area contributed by atoms with Crippen LogP contribution in [-0.4, -0.2) is 73.5 Å². The van der Waals surface area contributed by atoms with Crippen molar-refractivity contribution in [2.45, 2.75) is 83.1 Å². The van der Waals surface area contributed by atoms with Gasteiger partial charge in [-0.05, 0) is 44.9 Å². The summed E-state index contributed by atoms with van der Waals surface area (Å²) in [6.45, 7) is 9.36. The Kier molecular flexibility index (Phi) is 6.83. The summed E-state index contributed by atoms with van der Waals surface area (Å²) < 4.78 is 29.8. The molecule has 3 atom stereocenters. The normalized spacial score (nSPS) is 27.9. The van der Waals surface area contributed by atoms with Crippen LogP contribution in [0.2, 0.25) is 0 Å². The number of carbonyl (C=O) groups is 3. The lowest BCUT2D eigenvalue weighted by Crippen LogP contribution is -2.59. The number of fused-ring (bicyclic) bond motifs is 1. The first-order valence-corrected chi connectivity index (χ1v) is 13.5. The average molecular weight is 486 g/mol. The van der Waals surface area contributed by atoms with Gasteiger partial charge in [0.1, 0.15) is 6.04 Å². The number of nitrogens with zero attached hydrogens (tertiary/aromatic N) is 1. The minimum Gasteiger partial charge on any atom is -0.467 e. The zero-order valence-electron chi connectivity index (χ0n) is 20.7. The quantitative estimate of drug-likeness (QED) is 0.554. The Labute approximate surface area is 197 Å². The van der Waals surface area contributed by atoms with Crippen molar-refractivity contribution in [3.63, 3.8) is 0 Å². The number of urea groups is 1. The summed E-state index contributed by atoms with van der Waals surface area (Å²) in [5, 5.41) is 5.49. The van der Waals surface area contributed by atoms with Crippen LogP contribution >= 0.6 is 0 Å². The van der Waals surface area contributed by atoms with Gasteiger partial charge in [-0.25, -0.2) is 18.0 Å². The Hall–Kier alpha value is -1.84. The molecule has 1 aliphatic heterocycles. The smallest absolute Gasteiger partial charge is 0.328 e. The van der Waals surface area contributed by atoms with Gasteiger partial charge in [0.2, 0.25) is 5.91 Å². The van der Waals surface area contributed by atoms with Crippen molar-refractivity contribution in [3.8, 4) is 0 Å². The number of hydrogen-bond donors (Lipinski definition) is 2. The Morgan fingerprint density at radius 2 is 1.70 bits per heavy atom. The topological polar surface area (TPSA) is 122 Å². The third-order valence-electron chi connectivity index (χ3n) is 7.96. The highest BCUT2D eigenvalue weighted by molar-refractivity contribution is 7.92. The molecule has 0 spiro atoms. The van der Waals surface area contributed by atoms with E-state index < -0.39 is 38.2 Å². The second-order valence-electron chi connectivity index (χ2n) is 11.5. The van der Waals surface area contributed by atoms with E-state index in [2.05, 4.69) is 24.5 Å². The highest BCUT2D eigenvalue weighted by Crippen LogP contribution is 2.64. The molecule has 188 valence electrons. The van der Waals surface area contributed by atoms with E-state index in [-0.39, 0.29) is 35.5 Å². The Balaban J connectivity index is 1.62. The number of methoxy groups -OCH3 is 1. The lowest BCUT2D eigenvalue weighted by Gasteiger charge is -2.39. The molecule has 0 aromatic heterocycles. The Morgan fingerprint density at radius 3 is 2.24 bits per heavy atom. The van der Waals surface area contributed by atoms with Gasteiger partial charge in [-0.15, -0.1) is 0 Å².